The lowest BCUT2D eigenvalue weighted by Gasteiger charge is -2.41. The van der Waals surface area contributed by atoms with Crippen LogP contribution in [0.15, 0.2) is 24.3 Å². The molecule has 0 amide bonds. The average Bonchev–Trinajstić information content (AvgIpc) is 2.90. The monoisotopic (exact) mass is 353 g/mol. The number of rotatable bonds is 5. The highest BCUT2D eigenvalue weighted by Crippen LogP contribution is 2.28. The van der Waals surface area contributed by atoms with E-state index in [-0.39, 0.29) is 24.6 Å². The molecule has 0 spiro atoms. The van der Waals surface area contributed by atoms with Gasteiger partial charge in [-0.25, -0.2) is 4.39 Å². The van der Waals surface area contributed by atoms with Gasteiger partial charge >= 0.3 is 0 Å². The Morgan fingerprint density at radius 3 is 2.32 bits per heavy atom. The summed E-state index contributed by atoms with van der Waals surface area (Å²) in [6.07, 6.45) is -1.34. The van der Waals surface area contributed by atoms with E-state index in [1.165, 1.54) is 12.1 Å². The predicted octanol–water partition coefficient (Wildman–Crippen LogP) is -0.00150. The number of anilines is 1. The van der Waals surface area contributed by atoms with Crippen molar-refractivity contribution < 1.29 is 19.3 Å². The first kappa shape index (κ1) is 18.5. The predicted molar refractivity (Wildman–Crippen MR) is 94.3 cm³/mol. The summed E-state index contributed by atoms with van der Waals surface area (Å²) in [5.41, 5.74) is 1.02. The summed E-state index contributed by atoms with van der Waals surface area (Å²) in [5, 5.41) is 20.1. The molecule has 1 aromatic carbocycles. The van der Waals surface area contributed by atoms with Gasteiger partial charge in [0.2, 0.25) is 0 Å². The molecular weight excluding hydrogens is 325 g/mol. The van der Waals surface area contributed by atoms with Crippen LogP contribution in [0.25, 0.3) is 0 Å². The number of halogens is 1. The fraction of sp³-hybridized carbons (Fsp3) is 0.667. The summed E-state index contributed by atoms with van der Waals surface area (Å²) in [5.74, 6) is -0.227. The summed E-state index contributed by atoms with van der Waals surface area (Å²) in [4.78, 5) is 6.52. The van der Waals surface area contributed by atoms with Crippen LogP contribution in [0.3, 0.4) is 0 Å². The Morgan fingerprint density at radius 1 is 1.12 bits per heavy atom. The maximum absolute atomic E-state index is 13.1. The molecule has 0 aromatic heterocycles. The van der Waals surface area contributed by atoms with E-state index in [2.05, 4.69) is 9.80 Å². The molecule has 7 heteroatoms. The Bertz CT molecular complexity index is 549. The molecule has 2 aliphatic rings. The molecular formula is C18H28FN3O3. The van der Waals surface area contributed by atoms with Gasteiger partial charge in [0.15, 0.2) is 0 Å². The minimum absolute atomic E-state index is 0.116. The Kier molecular flexibility index (Phi) is 5.91. The molecule has 25 heavy (non-hydrogen) atoms. The number of ether oxygens (including phenoxy) is 1. The van der Waals surface area contributed by atoms with Crippen LogP contribution in [0.4, 0.5) is 10.1 Å². The molecule has 4 atom stereocenters. The van der Waals surface area contributed by atoms with Crippen LogP contribution >= 0.6 is 0 Å². The quantitative estimate of drug-likeness (QED) is 0.777. The van der Waals surface area contributed by atoms with E-state index in [1.807, 2.05) is 19.0 Å². The number of piperazine rings is 1. The third kappa shape index (κ3) is 4.12. The normalized spacial score (nSPS) is 31.0. The summed E-state index contributed by atoms with van der Waals surface area (Å²) in [6.45, 7) is 3.75. The molecule has 0 bridgehead atoms. The first-order chi connectivity index (χ1) is 12.0. The van der Waals surface area contributed by atoms with Crippen LogP contribution < -0.4 is 4.90 Å². The van der Waals surface area contributed by atoms with Gasteiger partial charge < -0.3 is 24.7 Å². The lowest BCUT2D eigenvalue weighted by atomic mass is 10.0. The molecule has 2 N–H and O–H groups in total. The third-order valence-corrected chi connectivity index (χ3v) is 5.11. The van der Waals surface area contributed by atoms with Gasteiger partial charge in [0.05, 0.1) is 18.8 Å². The second-order valence-electron chi connectivity index (χ2n) is 7.14. The van der Waals surface area contributed by atoms with E-state index in [0.29, 0.717) is 6.54 Å². The molecule has 3 rings (SSSR count). The molecule has 140 valence electrons. The lowest BCUT2D eigenvalue weighted by molar-refractivity contribution is -0.0274. The van der Waals surface area contributed by atoms with E-state index in [1.54, 1.807) is 12.1 Å². The van der Waals surface area contributed by atoms with Gasteiger partial charge in [0, 0.05) is 38.4 Å². The Balaban J connectivity index is 1.64. The highest BCUT2D eigenvalue weighted by atomic mass is 19.1. The molecule has 4 unspecified atom stereocenters. The zero-order valence-electron chi connectivity index (χ0n) is 14.9. The molecule has 2 aliphatic heterocycles. The Morgan fingerprint density at radius 2 is 1.76 bits per heavy atom. The maximum atomic E-state index is 13.1. The van der Waals surface area contributed by atoms with Crippen LogP contribution in [0.5, 0.6) is 0 Å². The van der Waals surface area contributed by atoms with Crippen molar-refractivity contribution in [3.05, 3.63) is 30.1 Å². The first-order valence-corrected chi connectivity index (χ1v) is 8.83. The number of hydrogen-bond acceptors (Lipinski definition) is 6. The number of aliphatic hydroxyl groups excluding tert-OH is 2. The molecule has 1 aromatic rings. The van der Waals surface area contributed by atoms with Crippen molar-refractivity contribution in [1.82, 2.24) is 9.80 Å². The van der Waals surface area contributed by atoms with Gasteiger partial charge in [0.1, 0.15) is 18.0 Å². The Hall–Kier alpha value is -1.25. The van der Waals surface area contributed by atoms with E-state index in [0.717, 1.165) is 31.9 Å². The minimum Gasteiger partial charge on any atom is -0.394 e. The fourth-order valence-corrected chi connectivity index (χ4v) is 3.87. The van der Waals surface area contributed by atoms with Gasteiger partial charge in [-0.15, -0.1) is 0 Å². The van der Waals surface area contributed by atoms with Crippen molar-refractivity contribution >= 4 is 5.69 Å². The second kappa shape index (κ2) is 7.97. The zero-order chi connectivity index (χ0) is 18.0. The second-order valence-corrected chi connectivity index (χ2v) is 7.14. The van der Waals surface area contributed by atoms with Gasteiger partial charge in [0.25, 0.3) is 0 Å². The molecule has 6 nitrogen and oxygen atoms in total. The number of aliphatic hydroxyl groups is 2. The molecule has 0 saturated carbocycles. The summed E-state index contributed by atoms with van der Waals surface area (Å²) < 4.78 is 19.0. The van der Waals surface area contributed by atoms with Crippen molar-refractivity contribution in [3.63, 3.8) is 0 Å². The van der Waals surface area contributed by atoms with Gasteiger partial charge in [-0.2, -0.15) is 0 Å². The van der Waals surface area contributed by atoms with Crippen LogP contribution in [-0.2, 0) is 4.74 Å². The van der Waals surface area contributed by atoms with Gasteiger partial charge in [-0.1, -0.05) is 0 Å². The van der Waals surface area contributed by atoms with Crippen LogP contribution in [0, 0.1) is 5.82 Å². The minimum atomic E-state index is -0.688. The van der Waals surface area contributed by atoms with Crippen LogP contribution in [-0.4, -0.2) is 97.8 Å². The third-order valence-electron chi connectivity index (χ3n) is 5.11. The van der Waals surface area contributed by atoms with Crippen molar-refractivity contribution in [2.45, 2.75) is 24.4 Å². The molecule has 2 heterocycles. The average molecular weight is 353 g/mol. The van der Waals surface area contributed by atoms with Crippen LogP contribution in [0.1, 0.15) is 0 Å². The van der Waals surface area contributed by atoms with Crippen molar-refractivity contribution in [3.8, 4) is 0 Å². The van der Waals surface area contributed by atoms with Crippen molar-refractivity contribution in [2.75, 3.05) is 58.3 Å². The van der Waals surface area contributed by atoms with E-state index < -0.39 is 12.2 Å². The Labute approximate surface area is 148 Å². The maximum Gasteiger partial charge on any atom is 0.123 e. The highest BCUT2D eigenvalue weighted by molar-refractivity contribution is 5.46. The SMILES string of the molecule is CN(C)CC1OC(CO)C(O)C1N1CCN(c2ccc(F)cc2)CC1. The van der Waals surface area contributed by atoms with Crippen molar-refractivity contribution in [2.24, 2.45) is 0 Å². The van der Waals surface area contributed by atoms with E-state index >= 15 is 0 Å². The number of likely N-dealkylation sites (N-methyl/N-ethyl adjacent to an activating group) is 1. The molecule has 0 radical (unpaired) electrons. The number of hydrogen-bond donors (Lipinski definition) is 2. The summed E-state index contributed by atoms with van der Waals surface area (Å²) in [7, 11) is 3.96. The molecule has 2 saturated heterocycles. The summed E-state index contributed by atoms with van der Waals surface area (Å²) >= 11 is 0. The molecule has 0 aliphatic carbocycles. The highest BCUT2D eigenvalue weighted by Gasteiger charge is 2.46. The topological polar surface area (TPSA) is 59.4 Å². The van der Waals surface area contributed by atoms with Crippen molar-refractivity contribution in [1.29, 1.82) is 0 Å². The number of benzene rings is 1. The zero-order valence-corrected chi connectivity index (χ0v) is 14.9. The lowest BCUT2D eigenvalue weighted by Crippen LogP contribution is -2.57. The van der Waals surface area contributed by atoms with Crippen LogP contribution in [0.2, 0.25) is 0 Å². The number of nitrogens with zero attached hydrogens (tertiary/aromatic N) is 3. The van der Waals surface area contributed by atoms with Gasteiger partial charge in [-0.3, -0.25) is 4.90 Å². The largest absolute Gasteiger partial charge is 0.394 e. The summed E-state index contributed by atoms with van der Waals surface area (Å²) in [6, 6.07) is 6.45. The van der Waals surface area contributed by atoms with E-state index in [9.17, 15) is 14.6 Å². The fourth-order valence-electron chi connectivity index (χ4n) is 3.87. The first-order valence-electron chi connectivity index (χ1n) is 8.83. The molecule has 2 fully saturated rings. The standard InChI is InChI=1S/C18H28FN3O3/c1-20(2)11-15-17(18(24)16(12-23)25-15)22-9-7-21(8-10-22)14-5-3-13(19)4-6-14/h3-6,15-18,23-24H,7-12H2,1-2H3. The van der Waals surface area contributed by atoms with Gasteiger partial charge in [-0.05, 0) is 38.4 Å². The smallest absolute Gasteiger partial charge is 0.123 e. The van der Waals surface area contributed by atoms with E-state index in [4.69, 9.17) is 4.74 Å².